The molecule has 1 spiro atoms. The van der Waals surface area contributed by atoms with Crippen LogP contribution in [0.25, 0.3) is 5.57 Å². The zero-order valence-corrected chi connectivity index (χ0v) is 17.9. The Hall–Kier alpha value is -2.84. The number of hydrogen-bond acceptors (Lipinski definition) is 4. The van der Waals surface area contributed by atoms with Gasteiger partial charge in [-0.3, -0.25) is 4.79 Å². The quantitative estimate of drug-likeness (QED) is 0.752. The van der Waals surface area contributed by atoms with E-state index < -0.39 is 17.7 Å². The summed E-state index contributed by atoms with van der Waals surface area (Å²) in [6.45, 7) is 1.17. The molecule has 1 saturated heterocycles. The van der Waals surface area contributed by atoms with Crippen LogP contribution in [-0.2, 0) is 9.53 Å². The molecule has 2 aromatic rings. The number of rotatable bonds is 4. The highest BCUT2D eigenvalue weighted by molar-refractivity contribution is 5.97. The molecule has 8 heteroatoms. The van der Waals surface area contributed by atoms with Crippen LogP contribution in [0.4, 0.5) is 18.9 Å². The third kappa shape index (κ3) is 4.12. The van der Waals surface area contributed by atoms with Crippen molar-refractivity contribution >= 4 is 17.2 Å². The first-order valence-corrected chi connectivity index (χ1v) is 10.4. The van der Waals surface area contributed by atoms with E-state index in [9.17, 15) is 18.0 Å². The topological polar surface area (TPSA) is 50.8 Å². The summed E-state index contributed by atoms with van der Waals surface area (Å²) in [6, 6.07) is 14.6. The van der Waals surface area contributed by atoms with Crippen LogP contribution in [0, 0.1) is 0 Å². The molecule has 1 N–H and O–H groups in total. The van der Waals surface area contributed by atoms with Gasteiger partial charge >= 0.3 is 12.1 Å². The molecule has 170 valence electrons. The Morgan fingerprint density at radius 2 is 1.97 bits per heavy atom. The zero-order chi connectivity index (χ0) is 22.9. The number of carbonyl (C=O) groups is 1. The highest BCUT2D eigenvalue weighted by atomic mass is 19.4. The van der Waals surface area contributed by atoms with Crippen molar-refractivity contribution in [1.82, 2.24) is 5.32 Å². The van der Waals surface area contributed by atoms with Gasteiger partial charge in [0.1, 0.15) is 11.4 Å². The van der Waals surface area contributed by atoms with Gasteiger partial charge in [-0.15, -0.1) is 0 Å². The summed E-state index contributed by atoms with van der Waals surface area (Å²) in [4.78, 5) is 12.3. The second-order valence-corrected chi connectivity index (χ2v) is 8.06. The molecule has 2 heterocycles. The van der Waals surface area contributed by atoms with Gasteiger partial charge in [0.2, 0.25) is 0 Å². The number of methoxy groups -OCH3 is 1. The van der Waals surface area contributed by atoms with Gasteiger partial charge in [0.05, 0.1) is 19.8 Å². The summed E-state index contributed by atoms with van der Waals surface area (Å²) in [7, 11) is 2.61. The van der Waals surface area contributed by atoms with Gasteiger partial charge in [-0.1, -0.05) is 30.3 Å². The van der Waals surface area contributed by atoms with Crippen LogP contribution in [0.2, 0.25) is 0 Å². The molecule has 0 unspecified atom stereocenters. The Labute approximate surface area is 184 Å². The summed E-state index contributed by atoms with van der Waals surface area (Å²) in [5.74, 6) is -1.42. The molecule has 2 atom stereocenters. The number of nitrogens with one attached hydrogen (secondary N) is 1. The fourth-order valence-electron chi connectivity index (χ4n) is 4.49. The maximum atomic E-state index is 12.9. The monoisotopic (exact) mass is 446 g/mol. The molecule has 0 saturated carbocycles. The molecule has 0 bridgehead atoms. The second kappa shape index (κ2) is 8.60. The zero-order valence-electron chi connectivity index (χ0n) is 17.9. The standard InChI is InChI=1S/C24H25F3N2O3/c1-29(22(30)24(25,26)27)18-9-10-20(31-2)19(13-18)17-14-23(32-15-17)11-6-12-28-21(23)16-7-4-3-5-8-16/h3-5,7-10,13-14,21,28H,6,11-12,15H2,1-2H3/t21-,23+/m0/s1. The number of ether oxygens (including phenoxy) is 2. The molecule has 1 fully saturated rings. The van der Waals surface area contributed by atoms with Crippen LogP contribution in [0.3, 0.4) is 0 Å². The first kappa shape index (κ1) is 22.4. The van der Waals surface area contributed by atoms with E-state index in [1.54, 1.807) is 12.1 Å². The molecule has 1 amide bonds. The number of alkyl halides is 3. The van der Waals surface area contributed by atoms with E-state index in [2.05, 4.69) is 23.5 Å². The maximum Gasteiger partial charge on any atom is 0.471 e. The van der Waals surface area contributed by atoms with E-state index in [4.69, 9.17) is 9.47 Å². The number of halogens is 3. The van der Waals surface area contributed by atoms with Crippen molar-refractivity contribution in [3.8, 4) is 5.75 Å². The lowest BCUT2D eigenvalue weighted by atomic mass is 9.81. The van der Waals surface area contributed by atoms with Gasteiger partial charge in [0.15, 0.2) is 0 Å². The Morgan fingerprint density at radius 3 is 2.66 bits per heavy atom. The Morgan fingerprint density at radius 1 is 1.22 bits per heavy atom. The smallest absolute Gasteiger partial charge is 0.471 e. The lowest BCUT2D eigenvalue weighted by Crippen LogP contribution is -2.47. The van der Waals surface area contributed by atoms with E-state index >= 15 is 0 Å². The van der Waals surface area contributed by atoms with Crippen LogP contribution < -0.4 is 15.0 Å². The summed E-state index contributed by atoms with van der Waals surface area (Å²) < 4.78 is 50.6. The van der Waals surface area contributed by atoms with Crippen molar-refractivity contribution in [3.63, 3.8) is 0 Å². The normalized spacial score (nSPS) is 23.2. The van der Waals surface area contributed by atoms with Crippen molar-refractivity contribution in [2.24, 2.45) is 0 Å². The first-order chi connectivity index (χ1) is 15.2. The number of hydrogen-bond donors (Lipinski definition) is 1. The van der Waals surface area contributed by atoms with E-state index in [-0.39, 0.29) is 11.7 Å². The summed E-state index contributed by atoms with van der Waals surface area (Å²) in [5.41, 5.74) is 2.11. The van der Waals surface area contributed by atoms with Gasteiger partial charge in [0.25, 0.3) is 0 Å². The number of nitrogens with zero attached hydrogens (tertiary/aromatic N) is 1. The van der Waals surface area contributed by atoms with Crippen molar-refractivity contribution in [3.05, 3.63) is 65.7 Å². The predicted octanol–water partition coefficient (Wildman–Crippen LogP) is 4.50. The third-order valence-corrected chi connectivity index (χ3v) is 6.09. The van der Waals surface area contributed by atoms with E-state index in [0.717, 1.165) is 37.6 Å². The van der Waals surface area contributed by atoms with E-state index in [1.807, 2.05) is 18.2 Å². The molecule has 0 aromatic heterocycles. The fraction of sp³-hybridized carbons (Fsp3) is 0.375. The lowest BCUT2D eigenvalue weighted by Gasteiger charge is -2.40. The van der Waals surface area contributed by atoms with Gasteiger partial charge in [-0.2, -0.15) is 13.2 Å². The largest absolute Gasteiger partial charge is 0.496 e. The molecular formula is C24H25F3N2O3. The number of piperidine rings is 1. The molecule has 2 aliphatic rings. The van der Waals surface area contributed by atoms with Gasteiger partial charge in [0, 0.05) is 18.3 Å². The Bertz CT molecular complexity index is 1020. The molecular weight excluding hydrogens is 421 g/mol. The average molecular weight is 446 g/mol. The SMILES string of the molecule is COc1ccc(N(C)C(=O)C(F)(F)F)cc1C1=C[C@@]2(CCCN[C@H]2c2ccccc2)OC1. The van der Waals surface area contributed by atoms with Crippen molar-refractivity contribution in [2.45, 2.75) is 30.7 Å². The highest BCUT2D eigenvalue weighted by Gasteiger charge is 2.45. The molecule has 2 aromatic carbocycles. The van der Waals surface area contributed by atoms with Gasteiger partial charge in [-0.25, -0.2) is 0 Å². The predicted molar refractivity (Wildman–Crippen MR) is 116 cm³/mol. The third-order valence-electron chi connectivity index (χ3n) is 6.09. The van der Waals surface area contributed by atoms with Gasteiger partial charge < -0.3 is 19.7 Å². The maximum absolute atomic E-state index is 12.9. The first-order valence-electron chi connectivity index (χ1n) is 10.4. The summed E-state index contributed by atoms with van der Waals surface area (Å²) >= 11 is 0. The molecule has 5 nitrogen and oxygen atoms in total. The summed E-state index contributed by atoms with van der Waals surface area (Å²) in [6.07, 6.45) is -1.14. The highest BCUT2D eigenvalue weighted by Crippen LogP contribution is 2.45. The van der Waals surface area contributed by atoms with Crippen molar-refractivity contribution in [1.29, 1.82) is 0 Å². The molecule has 2 aliphatic heterocycles. The van der Waals surface area contributed by atoms with Gasteiger partial charge in [-0.05, 0) is 54.8 Å². The van der Waals surface area contributed by atoms with Crippen LogP contribution >= 0.6 is 0 Å². The number of benzene rings is 2. The minimum Gasteiger partial charge on any atom is -0.496 e. The fourth-order valence-corrected chi connectivity index (χ4v) is 4.49. The average Bonchev–Trinajstić information content (AvgIpc) is 3.21. The van der Waals surface area contributed by atoms with E-state index in [1.165, 1.54) is 13.2 Å². The van der Waals surface area contributed by atoms with Crippen LogP contribution in [0.5, 0.6) is 5.75 Å². The van der Waals surface area contributed by atoms with Crippen LogP contribution in [-0.4, -0.2) is 45.0 Å². The molecule has 0 aliphatic carbocycles. The lowest BCUT2D eigenvalue weighted by molar-refractivity contribution is -0.170. The minimum absolute atomic E-state index is 0.0430. The van der Waals surface area contributed by atoms with Crippen LogP contribution in [0.1, 0.15) is 30.0 Å². The van der Waals surface area contributed by atoms with Crippen molar-refractivity contribution in [2.75, 3.05) is 32.2 Å². The molecule has 4 rings (SSSR count). The Balaban J connectivity index is 1.72. The Kier molecular flexibility index (Phi) is 6.01. The van der Waals surface area contributed by atoms with E-state index in [0.29, 0.717) is 22.8 Å². The molecule has 32 heavy (non-hydrogen) atoms. The second-order valence-electron chi connectivity index (χ2n) is 8.06. The molecule has 0 radical (unpaired) electrons. The van der Waals surface area contributed by atoms with Crippen molar-refractivity contribution < 1.29 is 27.4 Å². The number of anilines is 1. The number of amides is 1. The summed E-state index contributed by atoms with van der Waals surface area (Å²) in [5, 5.41) is 3.55. The minimum atomic E-state index is -4.95. The van der Waals surface area contributed by atoms with Crippen LogP contribution in [0.15, 0.2) is 54.6 Å². The number of carbonyl (C=O) groups excluding carboxylic acids is 1.